The van der Waals surface area contributed by atoms with Gasteiger partial charge in [-0.15, -0.1) is 0 Å². The quantitative estimate of drug-likeness (QED) is 0.0198. The van der Waals surface area contributed by atoms with Gasteiger partial charge in [-0.3, -0.25) is 9.36 Å². The summed E-state index contributed by atoms with van der Waals surface area (Å²) in [5.74, 6) is -0.336. The van der Waals surface area contributed by atoms with E-state index in [1.54, 1.807) is 0 Å². The van der Waals surface area contributed by atoms with Gasteiger partial charge in [0.05, 0.1) is 34.4 Å². The lowest BCUT2D eigenvalue weighted by atomic mass is 10.1. The molecule has 0 aromatic heterocycles. The summed E-state index contributed by atoms with van der Waals surface area (Å²) in [4.78, 5) is 25.0. The molecule has 0 radical (unpaired) electrons. The lowest BCUT2D eigenvalue weighted by Gasteiger charge is -2.28. The smallest absolute Gasteiger partial charge is 0.306 e. The van der Waals surface area contributed by atoms with E-state index in [1.807, 2.05) is 21.1 Å². The minimum Gasteiger partial charge on any atom is -0.756 e. The van der Waals surface area contributed by atoms with Crippen LogP contribution in [0.1, 0.15) is 213 Å². The van der Waals surface area contributed by atoms with Gasteiger partial charge < -0.3 is 27.9 Å². The molecule has 0 rings (SSSR count). The van der Waals surface area contributed by atoms with Crippen molar-refractivity contribution < 1.29 is 37.3 Å². The lowest BCUT2D eigenvalue weighted by Crippen LogP contribution is -2.37. The van der Waals surface area contributed by atoms with E-state index >= 15 is 0 Å². The largest absolute Gasteiger partial charge is 0.756 e. The number of allylic oxidation sites excluding steroid dienone is 6. The number of ether oxygens (including phenoxy) is 2. The monoisotopic (exact) mass is 840 g/mol. The number of phosphoric ester groups is 1. The van der Waals surface area contributed by atoms with E-state index in [4.69, 9.17) is 18.5 Å². The highest BCUT2D eigenvalue weighted by molar-refractivity contribution is 7.45. The van der Waals surface area contributed by atoms with Gasteiger partial charge in [-0.05, 0) is 51.4 Å². The minimum absolute atomic E-state index is 0.0266. The van der Waals surface area contributed by atoms with Crippen LogP contribution < -0.4 is 4.89 Å². The standard InChI is InChI=1S/C49H94NO7P/c1-6-8-10-12-14-16-18-19-20-21-22-23-24-25-26-27-28-29-30-31-32-33-35-37-39-41-44-54-46-48(47-56-58(52,53)55-45-43-50(3,4)5)57-49(51)42-40-38-36-34-17-15-13-11-9-7-2/h18-19,21-22,24-25,48H,6-17,20,23,26-47H2,1-5H3/b19-18-,22-21-,25-24-. The summed E-state index contributed by atoms with van der Waals surface area (Å²) in [5, 5.41) is 0. The second kappa shape index (κ2) is 42.4. The van der Waals surface area contributed by atoms with Crippen LogP contribution in [0.3, 0.4) is 0 Å². The number of rotatable bonds is 45. The van der Waals surface area contributed by atoms with Crippen LogP contribution >= 0.6 is 7.82 Å². The van der Waals surface area contributed by atoms with Crippen molar-refractivity contribution in [1.82, 2.24) is 0 Å². The summed E-state index contributed by atoms with van der Waals surface area (Å²) in [6.07, 6.45) is 50.3. The zero-order chi connectivity index (χ0) is 42.7. The lowest BCUT2D eigenvalue weighted by molar-refractivity contribution is -0.870. The number of phosphoric acid groups is 1. The molecule has 0 saturated heterocycles. The van der Waals surface area contributed by atoms with E-state index in [0.717, 1.165) is 44.9 Å². The predicted octanol–water partition coefficient (Wildman–Crippen LogP) is 13.9. The van der Waals surface area contributed by atoms with Crippen LogP contribution in [0.5, 0.6) is 0 Å². The number of carbonyl (C=O) groups excluding carboxylic acids is 1. The molecular weight excluding hydrogens is 746 g/mol. The highest BCUT2D eigenvalue weighted by Gasteiger charge is 2.20. The molecule has 0 aromatic carbocycles. The van der Waals surface area contributed by atoms with Gasteiger partial charge in [0, 0.05) is 13.0 Å². The Labute approximate surface area is 359 Å². The molecule has 0 heterocycles. The molecule has 0 amide bonds. The SMILES string of the molecule is CCCCCCC/C=C\C/C=C\C/C=C\CCCCCCCCCCCCCOCC(COP(=O)([O-])OCC[N+](C)(C)C)OC(=O)CCCCCCCCCCCC. The van der Waals surface area contributed by atoms with Crippen molar-refractivity contribution in [3.8, 4) is 0 Å². The summed E-state index contributed by atoms with van der Waals surface area (Å²) in [5.41, 5.74) is 0. The maximum atomic E-state index is 12.6. The van der Waals surface area contributed by atoms with Crippen molar-refractivity contribution in [3.63, 3.8) is 0 Å². The maximum absolute atomic E-state index is 12.6. The molecule has 2 atom stereocenters. The van der Waals surface area contributed by atoms with Crippen LogP contribution in [0.4, 0.5) is 0 Å². The van der Waals surface area contributed by atoms with Crippen LogP contribution in [0, 0.1) is 0 Å². The van der Waals surface area contributed by atoms with Crippen molar-refractivity contribution in [2.75, 3.05) is 54.1 Å². The van der Waals surface area contributed by atoms with Crippen LogP contribution in [0.15, 0.2) is 36.5 Å². The molecule has 0 aromatic rings. The Kier molecular flexibility index (Phi) is 41.5. The van der Waals surface area contributed by atoms with E-state index in [-0.39, 0.29) is 25.8 Å². The fraction of sp³-hybridized carbons (Fsp3) is 0.857. The fourth-order valence-corrected chi connectivity index (χ4v) is 7.40. The van der Waals surface area contributed by atoms with E-state index < -0.39 is 13.9 Å². The van der Waals surface area contributed by atoms with Gasteiger partial charge in [0.1, 0.15) is 19.3 Å². The molecule has 0 aliphatic carbocycles. The Bertz CT molecular complexity index is 1020. The molecule has 0 spiro atoms. The van der Waals surface area contributed by atoms with Crippen molar-refractivity contribution in [1.29, 1.82) is 0 Å². The highest BCUT2D eigenvalue weighted by atomic mass is 31.2. The average Bonchev–Trinajstić information content (AvgIpc) is 3.18. The molecule has 0 N–H and O–H groups in total. The Balaban J connectivity index is 4.03. The Morgan fingerprint density at radius 1 is 0.534 bits per heavy atom. The molecule has 58 heavy (non-hydrogen) atoms. The molecule has 9 heteroatoms. The van der Waals surface area contributed by atoms with Crippen molar-refractivity contribution >= 4 is 13.8 Å². The number of likely N-dealkylation sites (N-methyl/N-ethyl adjacent to an activating group) is 1. The van der Waals surface area contributed by atoms with Crippen molar-refractivity contribution in [2.45, 2.75) is 219 Å². The third-order valence-electron chi connectivity index (χ3n) is 10.4. The molecule has 0 aliphatic rings. The van der Waals surface area contributed by atoms with Crippen LogP contribution in [0.25, 0.3) is 0 Å². The first-order valence-corrected chi connectivity index (χ1v) is 25.7. The number of hydrogen-bond donors (Lipinski definition) is 0. The number of quaternary nitrogens is 1. The van der Waals surface area contributed by atoms with E-state index in [2.05, 4.69) is 50.3 Å². The fourth-order valence-electron chi connectivity index (χ4n) is 6.67. The molecular formula is C49H94NO7P. The molecule has 0 fully saturated rings. The maximum Gasteiger partial charge on any atom is 0.306 e. The van der Waals surface area contributed by atoms with Crippen LogP contribution in [0.2, 0.25) is 0 Å². The summed E-state index contributed by atoms with van der Waals surface area (Å²) in [6, 6.07) is 0. The summed E-state index contributed by atoms with van der Waals surface area (Å²) < 4.78 is 34.6. The molecule has 8 nitrogen and oxygen atoms in total. The summed E-state index contributed by atoms with van der Waals surface area (Å²) in [6.45, 7) is 5.40. The third-order valence-corrected chi connectivity index (χ3v) is 11.4. The van der Waals surface area contributed by atoms with Crippen molar-refractivity contribution in [3.05, 3.63) is 36.5 Å². The number of unbranched alkanes of at least 4 members (excludes halogenated alkanes) is 25. The second-order valence-electron chi connectivity index (χ2n) is 17.5. The van der Waals surface area contributed by atoms with E-state index in [9.17, 15) is 14.3 Å². The van der Waals surface area contributed by atoms with Crippen molar-refractivity contribution in [2.24, 2.45) is 0 Å². The summed E-state index contributed by atoms with van der Waals surface area (Å²) in [7, 11) is 1.36. The highest BCUT2D eigenvalue weighted by Crippen LogP contribution is 2.38. The Morgan fingerprint density at radius 2 is 0.948 bits per heavy atom. The first-order chi connectivity index (χ1) is 28.1. The third kappa shape index (κ3) is 45.8. The number of esters is 1. The summed E-state index contributed by atoms with van der Waals surface area (Å²) >= 11 is 0. The van der Waals surface area contributed by atoms with E-state index in [1.165, 1.54) is 148 Å². The van der Waals surface area contributed by atoms with Crippen LogP contribution in [-0.2, 0) is 27.9 Å². The first kappa shape index (κ1) is 56.7. The minimum atomic E-state index is -4.52. The van der Waals surface area contributed by atoms with Gasteiger partial charge in [0.15, 0.2) is 0 Å². The van der Waals surface area contributed by atoms with Gasteiger partial charge in [-0.1, -0.05) is 192 Å². The Hall–Kier alpha value is -1.28. The number of carbonyl (C=O) groups is 1. The first-order valence-electron chi connectivity index (χ1n) is 24.2. The molecule has 342 valence electrons. The molecule has 0 bridgehead atoms. The van der Waals surface area contributed by atoms with Gasteiger partial charge in [-0.25, -0.2) is 0 Å². The second-order valence-corrected chi connectivity index (χ2v) is 18.9. The average molecular weight is 840 g/mol. The topological polar surface area (TPSA) is 94.1 Å². The van der Waals surface area contributed by atoms with Gasteiger partial charge in [0.2, 0.25) is 0 Å². The number of hydrogen-bond acceptors (Lipinski definition) is 7. The van der Waals surface area contributed by atoms with Gasteiger partial charge >= 0.3 is 5.97 Å². The predicted molar refractivity (Wildman–Crippen MR) is 245 cm³/mol. The van der Waals surface area contributed by atoms with Gasteiger partial charge in [0.25, 0.3) is 7.82 Å². The van der Waals surface area contributed by atoms with E-state index in [0.29, 0.717) is 24.1 Å². The number of nitrogens with zero attached hydrogens (tertiary/aromatic N) is 1. The normalized spacial score (nSPS) is 14.0. The van der Waals surface area contributed by atoms with Gasteiger partial charge in [-0.2, -0.15) is 0 Å². The zero-order valence-corrected chi connectivity index (χ0v) is 39.6. The van der Waals surface area contributed by atoms with Crippen LogP contribution in [-0.4, -0.2) is 70.7 Å². The molecule has 0 aliphatic heterocycles. The zero-order valence-electron chi connectivity index (χ0n) is 38.7. The molecule has 2 unspecified atom stereocenters. The Morgan fingerprint density at radius 3 is 1.41 bits per heavy atom. The molecule has 0 saturated carbocycles.